The summed E-state index contributed by atoms with van der Waals surface area (Å²) in [7, 11) is 1.63. The molecule has 0 aliphatic heterocycles. The smallest absolute Gasteiger partial charge is 0.150 e. The minimum atomic E-state index is 0.474. The predicted octanol–water partition coefficient (Wildman–Crippen LogP) is 4.52. The fourth-order valence-corrected chi connectivity index (χ4v) is 2.92. The molecular formula is C18H14INO3. The topological polar surface area (TPSA) is 55.0 Å². The van der Waals surface area contributed by atoms with Crippen LogP contribution in [0.15, 0.2) is 70.2 Å². The zero-order valence-corrected chi connectivity index (χ0v) is 14.5. The Morgan fingerprint density at radius 1 is 1.00 bits per heavy atom. The number of nitrogens with zero attached hydrogens (tertiary/aromatic N) is 1. The van der Waals surface area contributed by atoms with E-state index in [1.54, 1.807) is 13.2 Å². The summed E-state index contributed by atoms with van der Waals surface area (Å²) in [5.41, 5.74) is 1.81. The Hall–Kier alpha value is -2.28. The zero-order chi connectivity index (χ0) is 16.2. The quantitative estimate of drug-likeness (QED) is 0.386. The lowest BCUT2D eigenvalue weighted by atomic mass is 10.1. The van der Waals surface area contributed by atoms with Gasteiger partial charge in [0.1, 0.15) is 22.6 Å². The molecule has 4 nitrogen and oxygen atoms in total. The summed E-state index contributed by atoms with van der Waals surface area (Å²) < 4.78 is 12.0. The number of rotatable bonds is 3. The van der Waals surface area contributed by atoms with Gasteiger partial charge in [0.05, 0.1) is 10.7 Å². The van der Waals surface area contributed by atoms with Crippen molar-refractivity contribution in [1.82, 2.24) is 0 Å². The van der Waals surface area contributed by atoms with E-state index >= 15 is 0 Å². The van der Waals surface area contributed by atoms with Gasteiger partial charge in [0, 0.05) is 17.2 Å². The summed E-state index contributed by atoms with van der Waals surface area (Å²) in [5.74, 6) is 2.07. The third-order valence-corrected chi connectivity index (χ3v) is 4.46. The van der Waals surface area contributed by atoms with Crippen molar-refractivity contribution in [1.29, 1.82) is 0 Å². The van der Waals surface area contributed by atoms with Crippen LogP contribution in [0.25, 0.3) is 22.6 Å². The standard InChI is InChI=1S/C18H14INO3/c1-22-14-9-7-13(8-10-14)18-17(19)15(20-21)11-16(23-18)12-5-3-2-4-6-12/h2-11,21H,1H3/b20-15-. The average molecular weight is 419 g/mol. The Bertz CT molecular complexity index is 871. The lowest BCUT2D eigenvalue weighted by Crippen LogP contribution is -2.08. The molecule has 1 aromatic heterocycles. The Morgan fingerprint density at radius 3 is 2.30 bits per heavy atom. The summed E-state index contributed by atoms with van der Waals surface area (Å²) in [6, 6.07) is 19.0. The maximum absolute atomic E-state index is 9.30. The van der Waals surface area contributed by atoms with E-state index in [1.807, 2.05) is 54.6 Å². The molecule has 0 atom stereocenters. The molecule has 2 aromatic carbocycles. The van der Waals surface area contributed by atoms with Crippen molar-refractivity contribution in [3.8, 4) is 28.4 Å². The zero-order valence-electron chi connectivity index (χ0n) is 12.4. The van der Waals surface area contributed by atoms with Crippen LogP contribution in [-0.2, 0) is 0 Å². The molecule has 0 unspecified atom stereocenters. The van der Waals surface area contributed by atoms with Crippen molar-refractivity contribution in [2.75, 3.05) is 7.11 Å². The van der Waals surface area contributed by atoms with Crippen LogP contribution in [0.5, 0.6) is 5.75 Å². The second-order valence-electron chi connectivity index (χ2n) is 4.83. The van der Waals surface area contributed by atoms with Crippen molar-refractivity contribution in [3.63, 3.8) is 0 Å². The van der Waals surface area contributed by atoms with E-state index in [0.29, 0.717) is 16.9 Å². The second-order valence-corrected chi connectivity index (χ2v) is 5.91. The number of benzene rings is 2. The number of halogens is 1. The van der Waals surface area contributed by atoms with Gasteiger partial charge in [-0.15, -0.1) is 0 Å². The molecule has 0 aliphatic rings. The van der Waals surface area contributed by atoms with E-state index in [2.05, 4.69) is 27.7 Å². The van der Waals surface area contributed by atoms with Crippen LogP contribution >= 0.6 is 22.6 Å². The summed E-state index contributed by atoms with van der Waals surface area (Å²) in [6.45, 7) is 0. The van der Waals surface area contributed by atoms with Gasteiger partial charge in [0.25, 0.3) is 0 Å². The van der Waals surface area contributed by atoms with E-state index in [9.17, 15) is 5.21 Å². The summed E-state index contributed by atoms with van der Waals surface area (Å²) >= 11 is 2.12. The minimum Gasteiger partial charge on any atom is -0.497 e. The van der Waals surface area contributed by atoms with Gasteiger partial charge < -0.3 is 14.4 Å². The molecule has 3 rings (SSSR count). The molecule has 0 spiro atoms. The molecule has 0 saturated carbocycles. The summed E-state index contributed by atoms with van der Waals surface area (Å²) in [6.07, 6.45) is 0. The molecule has 0 saturated heterocycles. The van der Waals surface area contributed by atoms with Crippen LogP contribution in [0.2, 0.25) is 0 Å². The van der Waals surface area contributed by atoms with Crippen molar-refractivity contribution in [3.05, 3.63) is 69.6 Å². The molecule has 116 valence electrons. The van der Waals surface area contributed by atoms with Gasteiger partial charge in [-0.05, 0) is 46.9 Å². The van der Waals surface area contributed by atoms with Gasteiger partial charge in [-0.2, -0.15) is 0 Å². The maximum Gasteiger partial charge on any atom is 0.150 e. The van der Waals surface area contributed by atoms with Crippen molar-refractivity contribution >= 4 is 22.6 Å². The van der Waals surface area contributed by atoms with E-state index < -0.39 is 0 Å². The first-order chi connectivity index (χ1) is 11.2. The molecule has 3 aromatic rings. The lowest BCUT2D eigenvalue weighted by Gasteiger charge is -2.09. The molecule has 1 heterocycles. The first-order valence-corrected chi connectivity index (χ1v) is 8.02. The molecule has 0 fully saturated rings. The molecular weight excluding hydrogens is 405 g/mol. The van der Waals surface area contributed by atoms with Crippen molar-refractivity contribution < 1.29 is 14.4 Å². The van der Waals surface area contributed by atoms with Crippen molar-refractivity contribution in [2.24, 2.45) is 5.16 Å². The molecule has 0 amide bonds. The van der Waals surface area contributed by atoms with Crippen LogP contribution in [0.4, 0.5) is 0 Å². The molecule has 1 N–H and O–H groups in total. The molecule has 0 radical (unpaired) electrons. The largest absolute Gasteiger partial charge is 0.497 e. The number of hydrogen-bond acceptors (Lipinski definition) is 4. The van der Waals surface area contributed by atoms with Gasteiger partial charge in [-0.1, -0.05) is 35.5 Å². The Labute approximate surface area is 147 Å². The lowest BCUT2D eigenvalue weighted by molar-refractivity contribution is 0.300. The SMILES string of the molecule is COc1ccc(-c2oc(-c3ccccc3)c/c(=N/O)c2I)cc1. The van der Waals surface area contributed by atoms with E-state index in [0.717, 1.165) is 20.4 Å². The average Bonchev–Trinajstić information content (AvgIpc) is 2.63. The van der Waals surface area contributed by atoms with E-state index in [-0.39, 0.29) is 0 Å². The first-order valence-electron chi connectivity index (χ1n) is 6.94. The van der Waals surface area contributed by atoms with Crippen LogP contribution in [0.1, 0.15) is 0 Å². The van der Waals surface area contributed by atoms with Gasteiger partial charge in [0.15, 0.2) is 0 Å². The highest BCUT2D eigenvalue weighted by atomic mass is 127. The monoisotopic (exact) mass is 419 g/mol. The van der Waals surface area contributed by atoms with Crippen LogP contribution in [0, 0.1) is 3.57 Å². The fraction of sp³-hybridized carbons (Fsp3) is 0.0556. The third kappa shape index (κ3) is 3.24. The molecule has 5 heteroatoms. The molecule has 23 heavy (non-hydrogen) atoms. The Balaban J connectivity index is 2.19. The van der Waals surface area contributed by atoms with E-state index in [4.69, 9.17) is 9.15 Å². The second kappa shape index (κ2) is 6.87. The fourth-order valence-electron chi connectivity index (χ4n) is 2.23. The highest BCUT2D eigenvalue weighted by Crippen LogP contribution is 2.29. The molecule has 0 bridgehead atoms. The van der Waals surface area contributed by atoms with E-state index in [1.165, 1.54) is 0 Å². The van der Waals surface area contributed by atoms with Gasteiger partial charge in [-0.3, -0.25) is 0 Å². The van der Waals surface area contributed by atoms with Crippen LogP contribution < -0.4 is 10.1 Å². The Morgan fingerprint density at radius 2 is 1.70 bits per heavy atom. The highest BCUT2D eigenvalue weighted by Gasteiger charge is 2.12. The number of ether oxygens (including phenoxy) is 1. The molecule has 0 aliphatic carbocycles. The summed E-state index contributed by atoms with van der Waals surface area (Å²) in [5, 5.41) is 13.2. The van der Waals surface area contributed by atoms with Crippen LogP contribution in [0.3, 0.4) is 0 Å². The number of methoxy groups -OCH3 is 1. The predicted molar refractivity (Wildman–Crippen MR) is 96.2 cm³/mol. The summed E-state index contributed by atoms with van der Waals surface area (Å²) in [4.78, 5) is 0. The number of hydrogen-bond donors (Lipinski definition) is 1. The van der Waals surface area contributed by atoms with Crippen molar-refractivity contribution in [2.45, 2.75) is 0 Å². The Kier molecular flexibility index (Phi) is 4.66. The van der Waals surface area contributed by atoms with Crippen LogP contribution in [-0.4, -0.2) is 12.3 Å². The van der Waals surface area contributed by atoms with Gasteiger partial charge >= 0.3 is 0 Å². The van der Waals surface area contributed by atoms with Gasteiger partial charge in [-0.25, -0.2) is 0 Å². The third-order valence-electron chi connectivity index (χ3n) is 3.42. The first kappa shape index (κ1) is 15.6. The maximum atomic E-state index is 9.30. The highest BCUT2D eigenvalue weighted by molar-refractivity contribution is 14.1. The normalized spacial score (nSPS) is 11.5. The minimum absolute atomic E-state index is 0.474. The van der Waals surface area contributed by atoms with Gasteiger partial charge in [0.2, 0.25) is 0 Å².